The molecular formula is C19H25BrN6O4. The quantitative estimate of drug-likeness (QED) is 0.682. The number of rotatable bonds is 4. The number of nitrogens with one attached hydrogen (secondary N) is 1. The SMILES string of the molecule is CN(C(=O)OC(C)(C)C)[C@@H]1CCN(c2nc3ncc(Br)cc3nc2NC(=O)CO)C1. The summed E-state index contributed by atoms with van der Waals surface area (Å²) in [7, 11) is 1.71. The Morgan fingerprint density at radius 3 is 2.80 bits per heavy atom. The number of hydrogen-bond donors (Lipinski definition) is 2. The van der Waals surface area contributed by atoms with Gasteiger partial charge in [-0.05, 0) is 49.2 Å². The Balaban J connectivity index is 1.86. The molecule has 2 N–H and O–H groups in total. The third-order valence-electron chi connectivity index (χ3n) is 4.56. The van der Waals surface area contributed by atoms with E-state index in [1.807, 2.05) is 25.7 Å². The van der Waals surface area contributed by atoms with Crippen molar-refractivity contribution >= 4 is 50.7 Å². The number of aliphatic hydroxyl groups excluding tert-OH is 1. The summed E-state index contributed by atoms with van der Waals surface area (Å²) in [6.07, 6.45) is 1.94. The first kappa shape index (κ1) is 22.2. The highest BCUT2D eigenvalue weighted by Crippen LogP contribution is 2.29. The molecular weight excluding hydrogens is 456 g/mol. The van der Waals surface area contributed by atoms with Crippen molar-refractivity contribution in [3.05, 3.63) is 16.7 Å². The molecule has 0 saturated carbocycles. The van der Waals surface area contributed by atoms with Gasteiger partial charge in [0.2, 0.25) is 0 Å². The zero-order valence-corrected chi connectivity index (χ0v) is 18.9. The summed E-state index contributed by atoms with van der Waals surface area (Å²) >= 11 is 3.35. The monoisotopic (exact) mass is 480 g/mol. The molecule has 1 atom stereocenters. The van der Waals surface area contributed by atoms with Crippen LogP contribution in [0.5, 0.6) is 0 Å². The summed E-state index contributed by atoms with van der Waals surface area (Å²) in [5, 5.41) is 11.7. The number of anilines is 2. The van der Waals surface area contributed by atoms with Crippen molar-refractivity contribution in [1.82, 2.24) is 19.9 Å². The molecule has 1 saturated heterocycles. The lowest BCUT2D eigenvalue weighted by molar-refractivity contribution is -0.118. The van der Waals surface area contributed by atoms with Crippen molar-refractivity contribution in [2.24, 2.45) is 0 Å². The van der Waals surface area contributed by atoms with Gasteiger partial charge < -0.3 is 25.0 Å². The zero-order chi connectivity index (χ0) is 22.1. The molecule has 1 fully saturated rings. The van der Waals surface area contributed by atoms with Crippen LogP contribution in [0.2, 0.25) is 0 Å². The highest BCUT2D eigenvalue weighted by atomic mass is 79.9. The fourth-order valence-corrected chi connectivity index (χ4v) is 3.44. The minimum absolute atomic E-state index is 0.0865. The number of halogens is 1. The molecule has 1 aliphatic rings. The number of hydrogen-bond acceptors (Lipinski definition) is 8. The van der Waals surface area contributed by atoms with Gasteiger partial charge in [0.25, 0.3) is 5.91 Å². The van der Waals surface area contributed by atoms with Gasteiger partial charge in [0.15, 0.2) is 17.3 Å². The van der Waals surface area contributed by atoms with E-state index in [1.54, 1.807) is 24.2 Å². The number of aromatic nitrogens is 3. The molecule has 10 nitrogen and oxygen atoms in total. The smallest absolute Gasteiger partial charge is 0.410 e. The topological polar surface area (TPSA) is 121 Å². The molecule has 0 spiro atoms. The highest BCUT2D eigenvalue weighted by molar-refractivity contribution is 9.10. The lowest BCUT2D eigenvalue weighted by Gasteiger charge is -2.28. The van der Waals surface area contributed by atoms with Gasteiger partial charge in [-0.25, -0.2) is 19.7 Å². The van der Waals surface area contributed by atoms with E-state index in [0.717, 1.165) is 4.47 Å². The van der Waals surface area contributed by atoms with Crippen LogP contribution in [-0.2, 0) is 9.53 Å². The minimum Gasteiger partial charge on any atom is -0.444 e. The van der Waals surface area contributed by atoms with Crippen molar-refractivity contribution in [3.63, 3.8) is 0 Å². The lowest BCUT2D eigenvalue weighted by atomic mass is 10.2. The fraction of sp³-hybridized carbons (Fsp3) is 0.526. The normalized spacial score (nSPS) is 16.6. The van der Waals surface area contributed by atoms with E-state index < -0.39 is 18.1 Å². The molecule has 0 aliphatic carbocycles. The van der Waals surface area contributed by atoms with E-state index >= 15 is 0 Å². The summed E-state index contributed by atoms with van der Waals surface area (Å²) in [4.78, 5) is 41.1. The number of ether oxygens (including phenoxy) is 1. The number of aliphatic hydroxyl groups is 1. The number of carbonyl (C=O) groups is 2. The van der Waals surface area contributed by atoms with Crippen molar-refractivity contribution in [2.45, 2.75) is 38.8 Å². The molecule has 2 aromatic heterocycles. The Morgan fingerprint density at radius 1 is 1.40 bits per heavy atom. The van der Waals surface area contributed by atoms with Crippen molar-refractivity contribution in [2.75, 3.05) is 37.0 Å². The maximum Gasteiger partial charge on any atom is 0.410 e. The Hall–Kier alpha value is -2.53. The highest BCUT2D eigenvalue weighted by Gasteiger charge is 2.33. The van der Waals surface area contributed by atoms with Crippen LogP contribution < -0.4 is 10.2 Å². The van der Waals surface area contributed by atoms with E-state index in [4.69, 9.17) is 9.84 Å². The standard InChI is InChI=1S/C19H25BrN6O4/c1-19(2,3)30-18(29)25(4)12-5-6-26(9-12)17-16(23-14(28)10-27)22-13-7-11(20)8-21-15(13)24-17/h7-8,12,27H,5-6,9-10H2,1-4H3,(H,22,23,28)/t12-/m1/s1. The van der Waals surface area contributed by atoms with Crippen LogP contribution in [0.4, 0.5) is 16.4 Å². The van der Waals surface area contributed by atoms with Crippen molar-refractivity contribution < 1.29 is 19.4 Å². The summed E-state index contributed by atoms with van der Waals surface area (Å²) in [5.74, 6) is 0.0932. The molecule has 0 aromatic carbocycles. The maximum atomic E-state index is 12.4. The van der Waals surface area contributed by atoms with Crippen LogP contribution >= 0.6 is 15.9 Å². The van der Waals surface area contributed by atoms with Crippen LogP contribution in [0.25, 0.3) is 11.2 Å². The first-order valence-corrected chi connectivity index (χ1v) is 10.3. The van der Waals surface area contributed by atoms with Gasteiger partial charge in [0, 0.05) is 30.8 Å². The molecule has 3 rings (SSSR count). The molecule has 2 amide bonds. The van der Waals surface area contributed by atoms with Gasteiger partial charge in [-0.2, -0.15) is 0 Å². The predicted molar refractivity (Wildman–Crippen MR) is 115 cm³/mol. The minimum atomic E-state index is -0.667. The van der Waals surface area contributed by atoms with Gasteiger partial charge in [-0.3, -0.25) is 4.79 Å². The summed E-state index contributed by atoms with van der Waals surface area (Å²) in [6, 6.07) is 1.66. The van der Waals surface area contributed by atoms with Gasteiger partial charge in [-0.15, -0.1) is 0 Å². The van der Waals surface area contributed by atoms with Gasteiger partial charge in [0.1, 0.15) is 17.7 Å². The largest absolute Gasteiger partial charge is 0.444 e. The second-order valence-electron chi connectivity index (χ2n) is 8.08. The number of carbonyl (C=O) groups excluding carboxylic acids is 2. The Labute approximate surface area is 182 Å². The lowest BCUT2D eigenvalue weighted by Crippen LogP contribution is -2.42. The number of nitrogens with zero attached hydrogens (tertiary/aromatic N) is 5. The second-order valence-corrected chi connectivity index (χ2v) is 8.99. The number of amides is 2. The van der Waals surface area contributed by atoms with Crippen molar-refractivity contribution in [3.8, 4) is 0 Å². The Bertz CT molecular complexity index is 964. The van der Waals surface area contributed by atoms with Gasteiger partial charge in [0.05, 0.1) is 6.04 Å². The van der Waals surface area contributed by atoms with Crippen molar-refractivity contribution in [1.29, 1.82) is 0 Å². The van der Waals surface area contributed by atoms with Crippen LogP contribution in [0.3, 0.4) is 0 Å². The first-order valence-electron chi connectivity index (χ1n) is 9.52. The summed E-state index contributed by atoms with van der Waals surface area (Å²) in [5.41, 5.74) is 0.358. The number of likely N-dealkylation sites (N-methyl/N-ethyl adjacent to an activating group) is 1. The third kappa shape index (κ3) is 5.14. The van der Waals surface area contributed by atoms with E-state index in [0.29, 0.717) is 36.5 Å². The van der Waals surface area contributed by atoms with Crippen LogP contribution in [0.15, 0.2) is 16.7 Å². The average Bonchev–Trinajstić information content (AvgIpc) is 3.15. The molecule has 11 heteroatoms. The van der Waals surface area contributed by atoms with E-state index in [9.17, 15) is 9.59 Å². The van der Waals surface area contributed by atoms with Crippen LogP contribution in [0, 0.1) is 0 Å². The van der Waals surface area contributed by atoms with Gasteiger partial charge >= 0.3 is 6.09 Å². The summed E-state index contributed by atoms with van der Waals surface area (Å²) < 4.78 is 6.19. The molecule has 0 radical (unpaired) electrons. The number of fused-ring (bicyclic) bond motifs is 1. The van der Waals surface area contributed by atoms with Crippen LogP contribution in [0.1, 0.15) is 27.2 Å². The molecule has 30 heavy (non-hydrogen) atoms. The molecule has 1 aliphatic heterocycles. The predicted octanol–water partition coefficient (Wildman–Crippen LogP) is 2.16. The maximum absolute atomic E-state index is 12.4. The van der Waals surface area contributed by atoms with E-state index in [1.165, 1.54) is 0 Å². The first-order chi connectivity index (χ1) is 14.1. The van der Waals surface area contributed by atoms with Crippen LogP contribution in [-0.4, -0.2) is 75.3 Å². The molecule has 3 heterocycles. The average molecular weight is 481 g/mol. The molecule has 2 aromatic rings. The Kier molecular flexibility index (Phi) is 6.41. The molecule has 0 bridgehead atoms. The van der Waals surface area contributed by atoms with E-state index in [-0.39, 0.29) is 18.0 Å². The molecule has 0 unspecified atom stereocenters. The number of pyridine rings is 1. The van der Waals surface area contributed by atoms with Gasteiger partial charge in [-0.1, -0.05) is 0 Å². The molecule has 162 valence electrons. The van der Waals surface area contributed by atoms with E-state index in [2.05, 4.69) is 36.2 Å². The second kappa shape index (κ2) is 8.68. The Morgan fingerprint density at radius 2 is 2.13 bits per heavy atom. The fourth-order valence-electron chi connectivity index (χ4n) is 3.12. The summed E-state index contributed by atoms with van der Waals surface area (Å²) in [6.45, 7) is 5.91. The zero-order valence-electron chi connectivity index (χ0n) is 17.3. The third-order valence-corrected chi connectivity index (χ3v) is 5.00.